The van der Waals surface area contributed by atoms with Gasteiger partial charge >= 0.3 is 0 Å². The second-order valence-corrected chi connectivity index (χ2v) is 5.15. The van der Waals surface area contributed by atoms with Crippen molar-refractivity contribution in [2.45, 2.75) is 12.8 Å². The van der Waals surface area contributed by atoms with E-state index in [1.54, 1.807) is 12.1 Å². The van der Waals surface area contributed by atoms with Gasteiger partial charge in [-0.2, -0.15) is 0 Å². The van der Waals surface area contributed by atoms with E-state index in [2.05, 4.69) is 10.2 Å². The van der Waals surface area contributed by atoms with Crippen molar-refractivity contribution in [2.75, 3.05) is 23.3 Å². The molecule has 0 spiro atoms. The molecule has 1 aliphatic rings. The van der Waals surface area contributed by atoms with Gasteiger partial charge in [-0.25, -0.2) is 4.39 Å². The van der Waals surface area contributed by atoms with Gasteiger partial charge in [0.2, 0.25) is 0 Å². The second-order valence-electron chi connectivity index (χ2n) is 5.15. The van der Waals surface area contributed by atoms with Crippen molar-refractivity contribution in [2.24, 2.45) is 0 Å². The molecule has 0 saturated carbocycles. The summed E-state index contributed by atoms with van der Waals surface area (Å²) in [7, 11) is 0. The molecule has 0 bridgehead atoms. The Hall–Kier alpha value is -2.36. The molecule has 2 aromatic carbocycles. The number of amides is 1. The maximum Gasteiger partial charge on any atom is 0.258 e. The van der Waals surface area contributed by atoms with Crippen LogP contribution in [0.1, 0.15) is 23.2 Å². The van der Waals surface area contributed by atoms with E-state index < -0.39 is 11.7 Å². The second kappa shape index (κ2) is 5.95. The molecule has 21 heavy (non-hydrogen) atoms. The van der Waals surface area contributed by atoms with E-state index in [-0.39, 0.29) is 5.56 Å². The fraction of sp³-hybridized carbons (Fsp3) is 0.235. The Morgan fingerprint density at radius 2 is 1.67 bits per heavy atom. The SMILES string of the molecule is O=C(Nc1ccccc1N1CCCC1)c1ccccc1F. The lowest BCUT2D eigenvalue weighted by molar-refractivity contribution is 0.102. The van der Waals surface area contributed by atoms with Crippen molar-refractivity contribution in [3.63, 3.8) is 0 Å². The van der Waals surface area contributed by atoms with E-state index >= 15 is 0 Å². The first-order valence-corrected chi connectivity index (χ1v) is 7.15. The molecule has 1 fully saturated rings. The Kier molecular flexibility index (Phi) is 3.86. The van der Waals surface area contributed by atoms with Crippen molar-refractivity contribution in [3.05, 3.63) is 59.9 Å². The smallest absolute Gasteiger partial charge is 0.258 e. The molecule has 3 nitrogen and oxygen atoms in total. The van der Waals surface area contributed by atoms with Crippen LogP contribution in [-0.2, 0) is 0 Å². The molecule has 0 atom stereocenters. The Morgan fingerprint density at radius 3 is 2.43 bits per heavy atom. The third-order valence-corrected chi connectivity index (χ3v) is 3.72. The minimum Gasteiger partial charge on any atom is -0.370 e. The fourth-order valence-electron chi connectivity index (χ4n) is 2.65. The van der Waals surface area contributed by atoms with Crippen LogP contribution in [0.25, 0.3) is 0 Å². The van der Waals surface area contributed by atoms with E-state index in [1.165, 1.54) is 12.1 Å². The predicted molar refractivity (Wildman–Crippen MR) is 82.2 cm³/mol. The van der Waals surface area contributed by atoms with Crippen LogP contribution >= 0.6 is 0 Å². The van der Waals surface area contributed by atoms with Crippen LogP contribution in [-0.4, -0.2) is 19.0 Å². The summed E-state index contributed by atoms with van der Waals surface area (Å²) >= 11 is 0. The number of para-hydroxylation sites is 2. The van der Waals surface area contributed by atoms with Crippen LogP contribution in [0, 0.1) is 5.82 Å². The normalized spacial score (nSPS) is 14.2. The molecule has 1 amide bonds. The van der Waals surface area contributed by atoms with Crippen molar-refractivity contribution < 1.29 is 9.18 Å². The maximum atomic E-state index is 13.7. The van der Waals surface area contributed by atoms with Crippen LogP contribution in [0.5, 0.6) is 0 Å². The lowest BCUT2D eigenvalue weighted by Crippen LogP contribution is -2.21. The highest BCUT2D eigenvalue weighted by atomic mass is 19.1. The Labute approximate surface area is 123 Å². The molecule has 0 aliphatic carbocycles. The first kappa shape index (κ1) is 13.6. The number of hydrogen-bond acceptors (Lipinski definition) is 2. The van der Waals surface area contributed by atoms with Gasteiger partial charge in [0.05, 0.1) is 16.9 Å². The van der Waals surface area contributed by atoms with Gasteiger partial charge < -0.3 is 10.2 Å². The lowest BCUT2D eigenvalue weighted by Gasteiger charge is -2.21. The van der Waals surface area contributed by atoms with Gasteiger partial charge in [-0.05, 0) is 37.1 Å². The first-order valence-electron chi connectivity index (χ1n) is 7.15. The highest BCUT2D eigenvalue weighted by Gasteiger charge is 2.18. The minimum atomic E-state index is -0.506. The Morgan fingerprint density at radius 1 is 1.00 bits per heavy atom. The molecule has 2 aromatic rings. The molecule has 108 valence electrons. The van der Waals surface area contributed by atoms with Gasteiger partial charge in [0, 0.05) is 13.1 Å². The van der Waals surface area contributed by atoms with E-state index in [0.717, 1.165) is 37.3 Å². The summed E-state index contributed by atoms with van der Waals surface area (Å²) < 4.78 is 13.7. The zero-order valence-electron chi connectivity index (χ0n) is 11.7. The van der Waals surface area contributed by atoms with Crippen molar-refractivity contribution in [3.8, 4) is 0 Å². The number of rotatable bonds is 3. The van der Waals surface area contributed by atoms with Gasteiger partial charge in [-0.3, -0.25) is 4.79 Å². The molecule has 1 N–H and O–H groups in total. The van der Waals surface area contributed by atoms with E-state index in [9.17, 15) is 9.18 Å². The van der Waals surface area contributed by atoms with Crippen LogP contribution in [0.4, 0.5) is 15.8 Å². The number of anilines is 2. The van der Waals surface area contributed by atoms with Crippen molar-refractivity contribution in [1.82, 2.24) is 0 Å². The number of nitrogens with zero attached hydrogens (tertiary/aromatic N) is 1. The van der Waals surface area contributed by atoms with Gasteiger partial charge in [0.1, 0.15) is 5.82 Å². The van der Waals surface area contributed by atoms with Crippen LogP contribution in [0.3, 0.4) is 0 Å². The maximum absolute atomic E-state index is 13.7. The number of nitrogens with one attached hydrogen (secondary N) is 1. The van der Waals surface area contributed by atoms with Crippen LogP contribution in [0.2, 0.25) is 0 Å². The minimum absolute atomic E-state index is 0.0636. The third-order valence-electron chi connectivity index (χ3n) is 3.72. The molecule has 3 rings (SSSR count). The molecule has 1 aliphatic heterocycles. The molecule has 4 heteroatoms. The Balaban J connectivity index is 1.85. The first-order chi connectivity index (χ1) is 10.3. The van der Waals surface area contributed by atoms with E-state index in [0.29, 0.717) is 0 Å². The molecule has 1 saturated heterocycles. The summed E-state index contributed by atoms with van der Waals surface area (Å²) in [6, 6.07) is 13.7. The highest BCUT2D eigenvalue weighted by Crippen LogP contribution is 2.29. The fourth-order valence-corrected chi connectivity index (χ4v) is 2.65. The van der Waals surface area contributed by atoms with Gasteiger partial charge in [0.15, 0.2) is 0 Å². The summed E-state index contributed by atoms with van der Waals surface area (Å²) in [5.41, 5.74) is 1.79. The number of hydrogen-bond donors (Lipinski definition) is 1. The van der Waals surface area contributed by atoms with Crippen LogP contribution < -0.4 is 10.2 Å². The number of benzene rings is 2. The van der Waals surface area contributed by atoms with E-state index in [4.69, 9.17) is 0 Å². The highest BCUT2D eigenvalue weighted by molar-refractivity contribution is 6.06. The average molecular weight is 284 g/mol. The molecule has 1 heterocycles. The summed E-state index contributed by atoms with van der Waals surface area (Å²) in [5.74, 6) is -0.923. The van der Waals surface area contributed by atoms with Gasteiger partial charge in [-0.1, -0.05) is 24.3 Å². The van der Waals surface area contributed by atoms with Crippen molar-refractivity contribution in [1.29, 1.82) is 0 Å². The lowest BCUT2D eigenvalue weighted by atomic mass is 10.2. The topological polar surface area (TPSA) is 32.3 Å². The van der Waals surface area contributed by atoms with Gasteiger partial charge in [0.25, 0.3) is 5.91 Å². The summed E-state index contributed by atoms with van der Waals surface area (Å²) in [5, 5.41) is 2.82. The van der Waals surface area contributed by atoms with E-state index in [1.807, 2.05) is 24.3 Å². The molecule has 0 unspecified atom stereocenters. The summed E-state index contributed by atoms with van der Waals surface area (Å²) in [4.78, 5) is 14.5. The molecule has 0 radical (unpaired) electrons. The number of carbonyl (C=O) groups is 1. The predicted octanol–water partition coefficient (Wildman–Crippen LogP) is 3.68. The quantitative estimate of drug-likeness (QED) is 0.932. The Bertz CT molecular complexity index is 651. The largest absolute Gasteiger partial charge is 0.370 e. The molecular weight excluding hydrogens is 267 g/mol. The third kappa shape index (κ3) is 2.89. The summed E-state index contributed by atoms with van der Waals surface area (Å²) in [6.07, 6.45) is 2.32. The zero-order chi connectivity index (χ0) is 14.7. The van der Waals surface area contributed by atoms with Crippen LogP contribution in [0.15, 0.2) is 48.5 Å². The monoisotopic (exact) mass is 284 g/mol. The van der Waals surface area contributed by atoms with Gasteiger partial charge in [-0.15, -0.1) is 0 Å². The molecular formula is C17H17FN2O. The average Bonchev–Trinajstić information content (AvgIpc) is 3.02. The van der Waals surface area contributed by atoms with Crippen molar-refractivity contribution >= 4 is 17.3 Å². The zero-order valence-corrected chi connectivity index (χ0v) is 11.7. The number of halogens is 1. The molecule has 0 aromatic heterocycles. The summed E-state index contributed by atoms with van der Waals surface area (Å²) in [6.45, 7) is 1.99. The number of carbonyl (C=O) groups excluding carboxylic acids is 1. The standard InChI is InChI=1S/C17H17FN2O/c18-14-8-2-1-7-13(14)17(21)19-15-9-3-4-10-16(15)20-11-5-6-12-20/h1-4,7-10H,5-6,11-12H2,(H,19,21).